The third-order valence-electron chi connectivity index (χ3n) is 6.33. The number of carbonyl (C=O) groups excluding carboxylic acids is 1. The summed E-state index contributed by atoms with van der Waals surface area (Å²) in [4.78, 5) is 33.1. The fourth-order valence-electron chi connectivity index (χ4n) is 4.51. The molecule has 0 saturated heterocycles. The lowest BCUT2D eigenvalue weighted by Gasteiger charge is -2.29. The normalized spacial score (nSPS) is 14.9. The van der Waals surface area contributed by atoms with Gasteiger partial charge in [0.2, 0.25) is 5.91 Å². The van der Waals surface area contributed by atoms with Gasteiger partial charge in [-0.25, -0.2) is 4.39 Å². The molecule has 1 aromatic carbocycles. The minimum atomic E-state index is -1.16. The Morgan fingerprint density at radius 1 is 1.21 bits per heavy atom. The molecule has 2 N–H and O–H groups in total. The maximum Gasteiger partial charge on any atom is 0.315 e. The molecule has 3 heterocycles. The Kier molecular flexibility index (Phi) is 6.06. The standard InChI is InChI=1S/C26H28FN3O3/c1-5-17-9-14(2)28-12-22(17)20-11-19(23(27)24-21(20)10-15(3)29-24)18-7-6-8-30(13-18)25(31)16(4)26(32)33/h7,9-12,16,29H,5-6,8,13H2,1-4H3,(H,32,33). The molecule has 4 rings (SSSR count). The van der Waals surface area contributed by atoms with Gasteiger partial charge in [-0.15, -0.1) is 0 Å². The number of aromatic nitrogens is 2. The van der Waals surface area contributed by atoms with Crippen molar-refractivity contribution in [1.29, 1.82) is 0 Å². The number of benzene rings is 1. The Bertz CT molecular complexity index is 1290. The first kappa shape index (κ1) is 22.7. The summed E-state index contributed by atoms with van der Waals surface area (Å²) in [6.07, 6.45) is 5.13. The lowest BCUT2D eigenvalue weighted by molar-refractivity contribution is -0.150. The molecule has 1 atom stereocenters. The van der Waals surface area contributed by atoms with Gasteiger partial charge in [-0.3, -0.25) is 14.6 Å². The predicted octanol–water partition coefficient (Wildman–Crippen LogP) is 4.88. The van der Waals surface area contributed by atoms with E-state index in [4.69, 9.17) is 0 Å². The SMILES string of the molecule is CCc1cc(C)ncc1-c1cc(C2=CCCN(C(=O)C(C)C(=O)O)C2)c(F)c2[nH]c(C)cc12. The molecule has 1 unspecified atom stereocenters. The van der Waals surface area contributed by atoms with Crippen LogP contribution >= 0.6 is 0 Å². The van der Waals surface area contributed by atoms with Crippen LogP contribution in [0, 0.1) is 25.6 Å². The van der Waals surface area contributed by atoms with Gasteiger partial charge >= 0.3 is 5.97 Å². The largest absolute Gasteiger partial charge is 0.481 e. The lowest BCUT2D eigenvalue weighted by Crippen LogP contribution is -2.41. The number of halogens is 1. The number of carbonyl (C=O) groups is 2. The molecule has 0 spiro atoms. The summed E-state index contributed by atoms with van der Waals surface area (Å²) in [5.74, 6) is -3.12. The number of aromatic amines is 1. The second-order valence-electron chi connectivity index (χ2n) is 8.70. The monoisotopic (exact) mass is 449 g/mol. The Morgan fingerprint density at radius 2 is 1.97 bits per heavy atom. The molecule has 0 radical (unpaired) electrons. The van der Waals surface area contributed by atoms with Crippen molar-refractivity contribution in [3.8, 4) is 11.1 Å². The van der Waals surface area contributed by atoms with Crippen LogP contribution in [0.3, 0.4) is 0 Å². The summed E-state index contributed by atoms with van der Waals surface area (Å²) in [6.45, 7) is 7.89. The summed E-state index contributed by atoms with van der Waals surface area (Å²) in [6, 6.07) is 5.84. The number of H-pyrrole nitrogens is 1. The molecular formula is C26H28FN3O3. The van der Waals surface area contributed by atoms with E-state index in [9.17, 15) is 14.7 Å². The number of nitrogens with zero attached hydrogens (tertiary/aromatic N) is 2. The number of hydrogen-bond acceptors (Lipinski definition) is 3. The molecule has 7 heteroatoms. The minimum Gasteiger partial charge on any atom is -0.481 e. The van der Waals surface area contributed by atoms with Crippen LogP contribution in [0.5, 0.6) is 0 Å². The minimum absolute atomic E-state index is 0.171. The third-order valence-corrected chi connectivity index (χ3v) is 6.33. The summed E-state index contributed by atoms with van der Waals surface area (Å²) < 4.78 is 15.7. The first-order chi connectivity index (χ1) is 15.7. The van der Waals surface area contributed by atoms with E-state index >= 15 is 4.39 Å². The summed E-state index contributed by atoms with van der Waals surface area (Å²) in [7, 11) is 0. The molecule has 172 valence electrons. The van der Waals surface area contributed by atoms with E-state index in [0.29, 0.717) is 29.6 Å². The zero-order valence-corrected chi connectivity index (χ0v) is 19.3. The van der Waals surface area contributed by atoms with E-state index in [0.717, 1.165) is 39.9 Å². The van der Waals surface area contributed by atoms with Gasteiger partial charge in [-0.1, -0.05) is 13.0 Å². The number of pyridine rings is 1. The van der Waals surface area contributed by atoms with E-state index in [1.165, 1.54) is 11.8 Å². The van der Waals surface area contributed by atoms with Crippen molar-refractivity contribution in [2.24, 2.45) is 5.92 Å². The van der Waals surface area contributed by atoms with Gasteiger partial charge in [-0.05, 0) is 68.5 Å². The van der Waals surface area contributed by atoms with Gasteiger partial charge in [0, 0.05) is 47.2 Å². The fraction of sp³-hybridized carbons (Fsp3) is 0.346. The van der Waals surface area contributed by atoms with Gasteiger partial charge in [0.15, 0.2) is 5.82 Å². The maximum absolute atomic E-state index is 15.7. The number of amides is 1. The Morgan fingerprint density at radius 3 is 2.67 bits per heavy atom. The van der Waals surface area contributed by atoms with Crippen LogP contribution in [0.2, 0.25) is 0 Å². The average Bonchev–Trinajstić information content (AvgIpc) is 3.20. The highest BCUT2D eigenvalue weighted by molar-refractivity contribution is 6.00. The van der Waals surface area contributed by atoms with Crippen molar-refractivity contribution < 1.29 is 19.1 Å². The quantitative estimate of drug-likeness (QED) is 0.544. The molecule has 0 saturated carbocycles. The number of hydrogen-bond donors (Lipinski definition) is 2. The molecule has 0 fully saturated rings. The van der Waals surface area contributed by atoms with Crippen molar-refractivity contribution in [3.05, 3.63) is 58.8 Å². The number of fused-ring (bicyclic) bond motifs is 1. The molecule has 1 aliphatic rings. The number of nitrogens with one attached hydrogen (secondary N) is 1. The third kappa shape index (κ3) is 4.15. The van der Waals surface area contributed by atoms with Crippen LogP contribution in [0.4, 0.5) is 4.39 Å². The highest BCUT2D eigenvalue weighted by Gasteiger charge is 2.29. The van der Waals surface area contributed by atoms with Crippen LogP contribution < -0.4 is 0 Å². The average molecular weight is 450 g/mol. The first-order valence-corrected chi connectivity index (χ1v) is 11.2. The van der Waals surface area contributed by atoms with Crippen molar-refractivity contribution >= 4 is 28.4 Å². The highest BCUT2D eigenvalue weighted by Crippen LogP contribution is 2.38. The van der Waals surface area contributed by atoms with E-state index in [1.54, 1.807) is 0 Å². The molecular weight excluding hydrogens is 421 g/mol. The first-order valence-electron chi connectivity index (χ1n) is 11.2. The van der Waals surface area contributed by atoms with Crippen molar-refractivity contribution in [1.82, 2.24) is 14.9 Å². The zero-order chi connectivity index (χ0) is 23.9. The molecule has 0 aliphatic carbocycles. The van der Waals surface area contributed by atoms with Crippen LogP contribution in [0.15, 0.2) is 30.5 Å². The molecule has 33 heavy (non-hydrogen) atoms. The van der Waals surface area contributed by atoms with Gasteiger partial charge in [0.25, 0.3) is 0 Å². The molecule has 2 aromatic heterocycles. The van der Waals surface area contributed by atoms with Crippen LogP contribution in [-0.2, 0) is 16.0 Å². The Balaban J connectivity index is 1.84. The van der Waals surface area contributed by atoms with E-state index in [2.05, 4.69) is 23.0 Å². The smallest absolute Gasteiger partial charge is 0.315 e. The summed E-state index contributed by atoms with van der Waals surface area (Å²) in [5, 5.41) is 10.0. The zero-order valence-electron chi connectivity index (χ0n) is 19.3. The number of aryl methyl sites for hydroxylation is 3. The van der Waals surface area contributed by atoms with Crippen LogP contribution in [0.25, 0.3) is 27.6 Å². The molecule has 1 aliphatic heterocycles. The van der Waals surface area contributed by atoms with Gasteiger partial charge < -0.3 is 15.0 Å². The lowest BCUT2D eigenvalue weighted by atomic mass is 9.91. The van der Waals surface area contributed by atoms with Crippen molar-refractivity contribution in [2.75, 3.05) is 13.1 Å². The molecule has 1 amide bonds. The Hall–Kier alpha value is -3.48. The number of carboxylic acid groups (broad SMARTS) is 1. The summed E-state index contributed by atoms with van der Waals surface area (Å²) >= 11 is 0. The maximum atomic E-state index is 15.7. The number of aliphatic carboxylic acids is 1. The number of carboxylic acids is 1. The topological polar surface area (TPSA) is 86.3 Å². The second-order valence-corrected chi connectivity index (χ2v) is 8.70. The predicted molar refractivity (Wildman–Crippen MR) is 126 cm³/mol. The fourth-order valence-corrected chi connectivity index (χ4v) is 4.51. The second kappa shape index (κ2) is 8.81. The molecule has 0 bridgehead atoms. The Labute approximate surface area is 192 Å². The number of rotatable bonds is 5. The van der Waals surface area contributed by atoms with E-state index < -0.39 is 17.8 Å². The van der Waals surface area contributed by atoms with E-state index in [1.807, 2.05) is 38.3 Å². The van der Waals surface area contributed by atoms with Gasteiger partial charge in [0.1, 0.15) is 5.92 Å². The van der Waals surface area contributed by atoms with Crippen molar-refractivity contribution in [2.45, 2.75) is 40.5 Å². The van der Waals surface area contributed by atoms with Crippen LogP contribution in [-0.4, -0.2) is 44.9 Å². The van der Waals surface area contributed by atoms with Crippen molar-refractivity contribution in [3.63, 3.8) is 0 Å². The molecule has 3 aromatic rings. The molecule has 6 nitrogen and oxygen atoms in total. The van der Waals surface area contributed by atoms with Gasteiger partial charge in [-0.2, -0.15) is 0 Å². The van der Waals surface area contributed by atoms with Gasteiger partial charge in [0.05, 0.1) is 5.52 Å². The summed E-state index contributed by atoms with van der Waals surface area (Å²) in [5.41, 5.74) is 6.27. The van der Waals surface area contributed by atoms with Crippen LogP contribution in [0.1, 0.15) is 42.8 Å². The highest BCUT2D eigenvalue weighted by atomic mass is 19.1. The van der Waals surface area contributed by atoms with E-state index in [-0.39, 0.29) is 12.4 Å².